The van der Waals surface area contributed by atoms with Gasteiger partial charge in [-0.15, -0.1) is 0 Å². The fourth-order valence-corrected chi connectivity index (χ4v) is 7.94. The summed E-state index contributed by atoms with van der Waals surface area (Å²) in [4.78, 5) is 0. The molecule has 0 bridgehead atoms. The van der Waals surface area contributed by atoms with E-state index < -0.39 is 0 Å². The minimum absolute atomic E-state index is 0.819. The molecule has 0 radical (unpaired) electrons. The lowest BCUT2D eigenvalue weighted by Crippen LogP contribution is -1.93. The van der Waals surface area contributed by atoms with Gasteiger partial charge < -0.3 is 13.4 Å². The summed E-state index contributed by atoms with van der Waals surface area (Å²) in [6.45, 7) is 0. The fourth-order valence-electron chi connectivity index (χ4n) is 7.94. The van der Waals surface area contributed by atoms with Crippen molar-refractivity contribution in [3.63, 3.8) is 0 Å². The molecule has 0 aliphatic carbocycles. The maximum Gasteiger partial charge on any atom is 0.139 e. The highest BCUT2D eigenvalue weighted by molar-refractivity contribution is 6.16. The quantitative estimate of drug-likeness (QED) is 0.190. The van der Waals surface area contributed by atoms with Gasteiger partial charge >= 0.3 is 0 Å². The van der Waals surface area contributed by atoms with E-state index >= 15 is 0 Å². The second kappa shape index (κ2) is 10.8. The number of hydrogen-bond acceptors (Lipinski definition) is 2. The molecule has 0 saturated heterocycles. The zero-order valence-corrected chi connectivity index (χ0v) is 27.5. The van der Waals surface area contributed by atoms with Crippen LogP contribution in [0.1, 0.15) is 0 Å². The molecule has 3 aromatic heterocycles. The molecule has 11 aromatic rings. The van der Waals surface area contributed by atoms with Crippen molar-refractivity contribution >= 4 is 65.7 Å². The van der Waals surface area contributed by atoms with Crippen LogP contribution in [0.2, 0.25) is 0 Å². The van der Waals surface area contributed by atoms with Crippen LogP contribution in [-0.2, 0) is 0 Å². The first kappa shape index (κ1) is 28.0. The Morgan fingerprint density at radius 2 is 0.745 bits per heavy atom. The molecule has 0 saturated carbocycles. The van der Waals surface area contributed by atoms with Gasteiger partial charge in [-0.1, -0.05) is 103 Å². The molecular formula is C48H29NO2. The van der Waals surface area contributed by atoms with Gasteiger partial charge in [0.1, 0.15) is 22.3 Å². The second-order valence-corrected chi connectivity index (χ2v) is 13.3. The molecule has 238 valence electrons. The van der Waals surface area contributed by atoms with Gasteiger partial charge in [-0.25, -0.2) is 0 Å². The Morgan fingerprint density at radius 3 is 1.33 bits per heavy atom. The standard InChI is InChI=1S/C48H29NO2/c1-3-11-30(12-4-1)33-23-34(31-13-5-2-6-14-31)25-35(24-33)32-19-21-45-39(26-32)41-28-42-40-27-36(20-22-46(40)51-48(42)29-47(41)50-45)49-43-17-9-7-15-37(43)38-16-8-10-18-44(38)49/h1-29H. The van der Waals surface area contributed by atoms with Crippen molar-refractivity contribution in [3.8, 4) is 39.1 Å². The van der Waals surface area contributed by atoms with Crippen LogP contribution in [0.3, 0.4) is 0 Å². The first-order chi connectivity index (χ1) is 25.2. The molecule has 3 heterocycles. The van der Waals surface area contributed by atoms with E-state index in [9.17, 15) is 0 Å². The third kappa shape index (κ3) is 4.38. The number of hydrogen-bond donors (Lipinski definition) is 0. The van der Waals surface area contributed by atoms with Crippen molar-refractivity contribution < 1.29 is 8.83 Å². The average Bonchev–Trinajstić information content (AvgIpc) is 3.85. The van der Waals surface area contributed by atoms with Crippen LogP contribution in [-0.4, -0.2) is 4.57 Å². The number of para-hydroxylation sites is 2. The fraction of sp³-hybridized carbons (Fsp3) is 0. The maximum absolute atomic E-state index is 6.45. The first-order valence-electron chi connectivity index (χ1n) is 17.3. The lowest BCUT2D eigenvalue weighted by molar-refractivity contribution is 0.656. The lowest BCUT2D eigenvalue weighted by atomic mass is 9.93. The summed E-state index contributed by atoms with van der Waals surface area (Å²) in [6.07, 6.45) is 0. The number of benzene rings is 8. The summed E-state index contributed by atoms with van der Waals surface area (Å²) in [5.41, 5.74) is 13.9. The lowest BCUT2D eigenvalue weighted by Gasteiger charge is -2.11. The van der Waals surface area contributed by atoms with Crippen LogP contribution in [0.5, 0.6) is 0 Å². The molecule has 0 N–H and O–H groups in total. The number of nitrogens with zero attached hydrogens (tertiary/aromatic N) is 1. The smallest absolute Gasteiger partial charge is 0.139 e. The van der Waals surface area contributed by atoms with Crippen molar-refractivity contribution in [2.45, 2.75) is 0 Å². The third-order valence-corrected chi connectivity index (χ3v) is 10.4. The van der Waals surface area contributed by atoms with Gasteiger partial charge in [-0.2, -0.15) is 0 Å². The van der Waals surface area contributed by atoms with Gasteiger partial charge in [0.15, 0.2) is 0 Å². The topological polar surface area (TPSA) is 31.2 Å². The van der Waals surface area contributed by atoms with Gasteiger partial charge in [-0.05, 0) is 100 Å². The molecule has 0 fully saturated rings. The van der Waals surface area contributed by atoms with E-state index in [0.717, 1.165) is 60.7 Å². The molecule has 0 spiro atoms. The van der Waals surface area contributed by atoms with Crippen LogP contribution < -0.4 is 0 Å². The third-order valence-electron chi connectivity index (χ3n) is 10.4. The normalized spacial score (nSPS) is 11.9. The van der Waals surface area contributed by atoms with Crippen molar-refractivity contribution in [3.05, 3.63) is 176 Å². The van der Waals surface area contributed by atoms with Crippen molar-refractivity contribution in [1.29, 1.82) is 0 Å². The Balaban J connectivity index is 1.10. The van der Waals surface area contributed by atoms with E-state index in [-0.39, 0.29) is 0 Å². The summed E-state index contributed by atoms with van der Waals surface area (Å²) in [6, 6.07) is 62.7. The molecule has 0 amide bonds. The highest BCUT2D eigenvalue weighted by Crippen LogP contribution is 2.41. The number of fused-ring (bicyclic) bond motifs is 9. The van der Waals surface area contributed by atoms with Crippen molar-refractivity contribution in [1.82, 2.24) is 4.57 Å². The molecule has 11 rings (SSSR count). The Hall–Kier alpha value is -6.84. The number of furan rings is 2. The molecule has 8 aromatic carbocycles. The predicted molar refractivity (Wildman–Crippen MR) is 212 cm³/mol. The molecule has 0 atom stereocenters. The Bertz CT molecular complexity index is 3010. The van der Waals surface area contributed by atoms with Crippen molar-refractivity contribution in [2.24, 2.45) is 0 Å². The largest absolute Gasteiger partial charge is 0.456 e. The summed E-state index contributed by atoms with van der Waals surface area (Å²) in [5, 5.41) is 6.82. The molecule has 0 unspecified atom stereocenters. The Morgan fingerprint density at radius 1 is 0.275 bits per heavy atom. The summed E-state index contributed by atoms with van der Waals surface area (Å²) in [5.74, 6) is 0. The monoisotopic (exact) mass is 651 g/mol. The van der Waals surface area contributed by atoms with E-state index in [4.69, 9.17) is 8.83 Å². The summed E-state index contributed by atoms with van der Waals surface area (Å²) in [7, 11) is 0. The van der Waals surface area contributed by atoms with Crippen molar-refractivity contribution in [2.75, 3.05) is 0 Å². The van der Waals surface area contributed by atoms with E-state index in [0.29, 0.717) is 0 Å². The zero-order chi connectivity index (χ0) is 33.5. The van der Waals surface area contributed by atoms with E-state index in [1.54, 1.807) is 0 Å². The van der Waals surface area contributed by atoms with Gasteiger partial charge in [-0.3, -0.25) is 0 Å². The van der Waals surface area contributed by atoms with Crippen LogP contribution >= 0.6 is 0 Å². The van der Waals surface area contributed by atoms with Crippen LogP contribution in [0, 0.1) is 0 Å². The molecular weight excluding hydrogens is 623 g/mol. The highest BCUT2D eigenvalue weighted by atomic mass is 16.3. The Kier molecular flexibility index (Phi) is 5.96. The average molecular weight is 652 g/mol. The molecule has 3 nitrogen and oxygen atoms in total. The Labute approximate surface area is 293 Å². The molecule has 0 aliphatic heterocycles. The number of rotatable bonds is 4. The van der Waals surface area contributed by atoms with Crippen LogP contribution in [0.4, 0.5) is 0 Å². The maximum atomic E-state index is 6.45. The molecule has 51 heavy (non-hydrogen) atoms. The van der Waals surface area contributed by atoms with Crippen LogP contribution in [0.25, 0.3) is 105 Å². The minimum Gasteiger partial charge on any atom is -0.456 e. The first-order valence-corrected chi connectivity index (χ1v) is 17.3. The minimum atomic E-state index is 0.819. The van der Waals surface area contributed by atoms with E-state index in [1.807, 2.05) is 6.07 Å². The highest BCUT2D eigenvalue weighted by Gasteiger charge is 2.17. The van der Waals surface area contributed by atoms with Crippen LogP contribution in [0.15, 0.2) is 185 Å². The predicted octanol–water partition coefficient (Wildman–Crippen LogP) is 13.6. The zero-order valence-electron chi connectivity index (χ0n) is 27.5. The SMILES string of the molecule is c1ccc(-c2cc(-c3ccccc3)cc(-c3ccc4oc5cc6oc7ccc(-n8c9ccccc9c9ccccc98)cc7c6cc5c4c3)c2)cc1. The summed E-state index contributed by atoms with van der Waals surface area (Å²) < 4.78 is 15.2. The van der Waals surface area contributed by atoms with Gasteiger partial charge in [0.05, 0.1) is 11.0 Å². The molecule has 0 aliphatic rings. The summed E-state index contributed by atoms with van der Waals surface area (Å²) >= 11 is 0. The van der Waals surface area contributed by atoms with Gasteiger partial charge in [0, 0.05) is 44.1 Å². The van der Waals surface area contributed by atoms with Gasteiger partial charge in [0.25, 0.3) is 0 Å². The van der Waals surface area contributed by atoms with E-state index in [1.165, 1.54) is 44.1 Å². The van der Waals surface area contributed by atoms with Gasteiger partial charge in [0.2, 0.25) is 0 Å². The second-order valence-electron chi connectivity index (χ2n) is 13.3. The van der Waals surface area contributed by atoms with E-state index in [2.05, 4.69) is 174 Å². The number of aromatic nitrogens is 1. The molecule has 3 heteroatoms.